The summed E-state index contributed by atoms with van der Waals surface area (Å²) in [5.74, 6) is -0.239. The molecule has 1 N–H and O–H groups in total. The van der Waals surface area contributed by atoms with E-state index < -0.39 is 0 Å². The minimum absolute atomic E-state index is 0.239. The van der Waals surface area contributed by atoms with Gasteiger partial charge in [0, 0.05) is 9.79 Å². The predicted octanol–water partition coefficient (Wildman–Crippen LogP) is 3.13. The summed E-state index contributed by atoms with van der Waals surface area (Å²) in [5, 5.41) is 0. The molecule has 0 aliphatic carbocycles. The van der Waals surface area contributed by atoms with Gasteiger partial charge in [-0.3, -0.25) is 9.63 Å². The molecule has 0 unspecified atom stereocenters. The van der Waals surface area contributed by atoms with Gasteiger partial charge in [0.15, 0.2) is 0 Å². The minimum Gasteiger partial charge on any atom is -0.277 e. The lowest BCUT2D eigenvalue weighted by molar-refractivity contribution is 0.0534. The summed E-state index contributed by atoms with van der Waals surface area (Å²) in [6.45, 7) is 0. The average molecular weight is 259 g/mol. The maximum absolute atomic E-state index is 11.8. The van der Waals surface area contributed by atoms with Crippen LogP contribution in [0.3, 0.4) is 0 Å². The van der Waals surface area contributed by atoms with Crippen LogP contribution in [-0.4, -0.2) is 13.0 Å². The van der Waals surface area contributed by atoms with Crippen molar-refractivity contribution in [1.82, 2.24) is 5.48 Å². The van der Waals surface area contributed by atoms with Crippen LogP contribution in [0.15, 0.2) is 64.4 Å². The molecule has 4 heteroatoms. The van der Waals surface area contributed by atoms with Gasteiger partial charge in [0.1, 0.15) is 0 Å². The van der Waals surface area contributed by atoms with Crippen molar-refractivity contribution < 1.29 is 9.63 Å². The SMILES string of the molecule is CONC(=O)c1ccccc1Sc1ccccc1. The molecule has 0 aromatic heterocycles. The molecule has 0 fully saturated rings. The van der Waals surface area contributed by atoms with Crippen LogP contribution >= 0.6 is 11.8 Å². The van der Waals surface area contributed by atoms with Gasteiger partial charge in [-0.2, -0.15) is 0 Å². The molecule has 2 aromatic rings. The van der Waals surface area contributed by atoms with E-state index in [0.717, 1.165) is 9.79 Å². The van der Waals surface area contributed by atoms with Gasteiger partial charge in [0.2, 0.25) is 0 Å². The number of nitrogens with one attached hydrogen (secondary N) is 1. The van der Waals surface area contributed by atoms with Crippen molar-refractivity contribution in [2.45, 2.75) is 9.79 Å². The zero-order valence-electron chi connectivity index (χ0n) is 9.92. The molecular formula is C14H13NO2S. The first-order valence-corrected chi connectivity index (χ1v) is 6.28. The number of hydrogen-bond donors (Lipinski definition) is 1. The van der Waals surface area contributed by atoms with Crippen LogP contribution < -0.4 is 5.48 Å². The minimum atomic E-state index is -0.239. The fourth-order valence-electron chi connectivity index (χ4n) is 1.51. The van der Waals surface area contributed by atoms with E-state index in [1.54, 1.807) is 17.8 Å². The Morgan fingerprint density at radius 3 is 2.44 bits per heavy atom. The van der Waals surface area contributed by atoms with Crippen molar-refractivity contribution in [3.8, 4) is 0 Å². The zero-order chi connectivity index (χ0) is 12.8. The molecule has 0 heterocycles. The second kappa shape index (κ2) is 6.23. The van der Waals surface area contributed by atoms with Crippen molar-refractivity contribution in [3.05, 3.63) is 60.2 Å². The Hall–Kier alpha value is -1.78. The molecule has 0 aliphatic rings. The largest absolute Gasteiger partial charge is 0.277 e. The molecule has 0 bridgehead atoms. The van der Waals surface area contributed by atoms with Crippen LogP contribution in [-0.2, 0) is 4.84 Å². The molecule has 3 nitrogen and oxygen atoms in total. The summed E-state index contributed by atoms with van der Waals surface area (Å²) >= 11 is 1.55. The topological polar surface area (TPSA) is 38.3 Å². The first kappa shape index (κ1) is 12.7. The molecule has 2 aromatic carbocycles. The Balaban J connectivity index is 2.25. The van der Waals surface area contributed by atoms with Gasteiger partial charge in [0.25, 0.3) is 5.91 Å². The lowest BCUT2D eigenvalue weighted by Gasteiger charge is -2.08. The molecule has 1 amide bonds. The molecule has 0 aliphatic heterocycles. The lowest BCUT2D eigenvalue weighted by Crippen LogP contribution is -2.22. The molecular weight excluding hydrogens is 246 g/mol. The van der Waals surface area contributed by atoms with E-state index in [2.05, 4.69) is 10.3 Å². The predicted molar refractivity (Wildman–Crippen MR) is 71.5 cm³/mol. The van der Waals surface area contributed by atoms with Gasteiger partial charge in [-0.05, 0) is 24.3 Å². The quantitative estimate of drug-likeness (QED) is 0.857. The second-order valence-corrected chi connectivity index (χ2v) is 4.66. The van der Waals surface area contributed by atoms with E-state index in [1.807, 2.05) is 48.5 Å². The summed E-state index contributed by atoms with van der Waals surface area (Å²) in [5.41, 5.74) is 2.94. The molecule has 18 heavy (non-hydrogen) atoms. The number of hydrogen-bond acceptors (Lipinski definition) is 3. The Morgan fingerprint density at radius 1 is 1.06 bits per heavy atom. The van der Waals surface area contributed by atoms with E-state index in [9.17, 15) is 4.79 Å². The highest BCUT2D eigenvalue weighted by Crippen LogP contribution is 2.30. The first-order chi connectivity index (χ1) is 8.81. The van der Waals surface area contributed by atoms with Crippen molar-refractivity contribution in [2.75, 3.05) is 7.11 Å². The first-order valence-electron chi connectivity index (χ1n) is 5.46. The van der Waals surface area contributed by atoms with Crippen molar-refractivity contribution >= 4 is 17.7 Å². The third kappa shape index (κ3) is 3.12. The number of carbonyl (C=O) groups is 1. The van der Waals surface area contributed by atoms with E-state index in [1.165, 1.54) is 7.11 Å². The third-order valence-corrected chi connectivity index (χ3v) is 3.38. The molecule has 0 spiro atoms. The van der Waals surface area contributed by atoms with Gasteiger partial charge in [-0.1, -0.05) is 42.1 Å². The molecule has 2 rings (SSSR count). The monoisotopic (exact) mass is 259 g/mol. The normalized spacial score (nSPS) is 10.1. The maximum Gasteiger partial charge on any atom is 0.275 e. The fraction of sp³-hybridized carbons (Fsp3) is 0.0714. The lowest BCUT2D eigenvalue weighted by atomic mass is 10.2. The Kier molecular flexibility index (Phi) is 4.39. The number of hydroxylamine groups is 1. The van der Waals surface area contributed by atoms with Crippen LogP contribution in [0, 0.1) is 0 Å². The maximum atomic E-state index is 11.8. The van der Waals surface area contributed by atoms with Gasteiger partial charge in [-0.15, -0.1) is 0 Å². The number of benzene rings is 2. The summed E-state index contributed by atoms with van der Waals surface area (Å²) in [7, 11) is 1.42. The highest BCUT2D eigenvalue weighted by molar-refractivity contribution is 7.99. The van der Waals surface area contributed by atoms with Crippen LogP contribution in [0.2, 0.25) is 0 Å². The Bertz CT molecular complexity index is 528. The number of rotatable bonds is 4. The molecule has 92 valence electrons. The van der Waals surface area contributed by atoms with E-state index in [4.69, 9.17) is 0 Å². The number of carbonyl (C=O) groups excluding carboxylic acids is 1. The van der Waals surface area contributed by atoms with E-state index in [-0.39, 0.29) is 5.91 Å². The third-order valence-electron chi connectivity index (χ3n) is 2.30. The standard InChI is InChI=1S/C14H13NO2S/c1-17-15-14(16)12-9-5-6-10-13(12)18-11-7-3-2-4-8-11/h2-10H,1H3,(H,15,16). The molecule has 0 radical (unpaired) electrons. The van der Waals surface area contributed by atoms with Crippen LogP contribution in [0.1, 0.15) is 10.4 Å². The van der Waals surface area contributed by atoms with Crippen molar-refractivity contribution in [3.63, 3.8) is 0 Å². The van der Waals surface area contributed by atoms with Gasteiger partial charge >= 0.3 is 0 Å². The smallest absolute Gasteiger partial charge is 0.275 e. The van der Waals surface area contributed by atoms with Crippen LogP contribution in [0.25, 0.3) is 0 Å². The van der Waals surface area contributed by atoms with E-state index in [0.29, 0.717) is 5.56 Å². The van der Waals surface area contributed by atoms with Gasteiger partial charge in [-0.25, -0.2) is 5.48 Å². The zero-order valence-corrected chi connectivity index (χ0v) is 10.7. The van der Waals surface area contributed by atoms with Gasteiger partial charge in [0.05, 0.1) is 12.7 Å². The summed E-state index contributed by atoms with van der Waals surface area (Å²) in [4.78, 5) is 18.5. The Morgan fingerprint density at radius 2 is 1.72 bits per heavy atom. The van der Waals surface area contributed by atoms with E-state index >= 15 is 0 Å². The second-order valence-electron chi connectivity index (χ2n) is 3.55. The molecule has 0 saturated carbocycles. The summed E-state index contributed by atoms with van der Waals surface area (Å²) in [6.07, 6.45) is 0. The van der Waals surface area contributed by atoms with Crippen LogP contribution in [0.4, 0.5) is 0 Å². The van der Waals surface area contributed by atoms with Crippen LogP contribution in [0.5, 0.6) is 0 Å². The Labute approximate surface area is 110 Å². The highest BCUT2D eigenvalue weighted by Gasteiger charge is 2.11. The van der Waals surface area contributed by atoms with Gasteiger partial charge < -0.3 is 0 Å². The average Bonchev–Trinajstić information content (AvgIpc) is 2.41. The fourth-order valence-corrected chi connectivity index (χ4v) is 2.47. The summed E-state index contributed by atoms with van der Waals surface area (Å²) in [6, 6.07) is 17.4. The number of amides is 1. The van der Waals surface area contributed by atoms with Crippen molar-refractivity contribution in [1.29, 1.82) is 0 Å². The van der Waals surface area contributed by atoms with Crippen molar-refractivity contribution in [2.24, 2.45) is 0 Å². The summed E-state index contributed by atoms with van der Waals surface area (Å²) < 4.78 is 0. The highest BCUT2D eigenvalue weighted by atomic mass is 32.2. The molecule has 0 saturated heterocycles. The molecule has 0 atom stereocenters.